The molecule has 1 aromatic carbocycles. The fourth-order valence-corrected chi connectivity index (χ4v) is 4.64. The molecule has 1 aliphatic heterocycles. The molecule has 2 heterocycles. The molecule has 0 saturated carbocycles. The Balaban J connectivity index is 2.11. The van der Waals surface area contributed by atoms with Crippen LogP contribution in [0.5, 0.6) is 0 Å². The van der Waals surface area contributed by atoms with Crippen molar-refractivity contribution < 1.29 is 56.9 Å². The first-order valence-corrected chi connectivity index (χ1v) is 13.3. The number of hydrogen-bond donors (Lipinski definition) is 2. The Morgan fingerprint density at radius 3 is 2.21 bits per heavy atom. The lowest BCUT2D eigenvalue weighted by Gasteiger charge is -2.47. The summed E-state index contributed by atoms with van der Waals surface area (Å²) in [5.41, 5.74) is 9.67. The maximum absolute atomic E-state index is 12.2. The van der Waals surface area contributed by atoms with Gasteiger partial charge >= 0.3 is 35.5 Å². The fraction of sp³-hybridized carbons (Fsp3) is 0.440. The van der Waals surface area contributed by atoms with E-state index in [0.29, 0.717) is 12.0 Å². The Bertz CT molecular complexity index is 1420. The van der Waals surface area contributed by atoms with Crippen LogP contribution in [0.25, 0.3) is 5.69 Å². The molecule has 43 heavy (non-hydrogen) atoms. The van der Waals surface area contributed by atoms with E-state index in [2.05, 4.69) is 10.7 Å². The van der Waals surface area contributed by atoms with E-state index in [1.54, 1.807) is 18.2 Å². The molecule has 5 atom stereocenters. The van der Waals surface area contributed by atoms with Gasteiger partial charge in [0.2, 0.25) is 11.6 Å². The van der Waals surface area contributed by atoms with Crippen molar-refractivity contribution in [2.24, 2.45) is 5.73 Å². The summed E-state index contributed by atoms with van der Waals surface area (Å²) in [4.78, 5) is 60.1. The highest BCUT2D eigenvalue weighted by Gasteiger charge is 2.54. The first-order chi connectivity index (χ1) is 20.2. The van der Waals surface area contributed by atoms with Crippen LogP contribution in [0, 0.1) is 6.92 Å². The van der Waals surface area contributed by atoms with Crippen LogP contribution in [0.2, 0.25) is 5.02 Å². The lowest BCUT2D eigenvalue weighted by Crippen LogP contribution is -2.68. The number of esters is 4. The molecule has 0 bridgehead atoms. The van der Waals surface area contributed by atoms with Gasteiger partial charge in [-0.15, -0.1) is 0 Å². The summed E-state index contributed by atoms with van der Waals surface area (Å²) in [7, 11) is 0. The van der Waals surface area contributed by atoms with Gasteiger partial charge in [-0.1, -0.05) is 17.7 Å². The normalized spacial score (nSPS) is 21.2. The molecule has 232 valence electrons. The molecular weight excluding hydrogens is 614 g/mol. The van der Waals surface area contributed by atoms with E-state index in [1.165, 1.54) is 0 Å². The maximum atomic E-state index is 12.2. The van der Waals surface area contributed by atoms with Crippen molar-refractivity contribution >= 4 is 65.0 Å². The van der Waals surface area contributed by atoms with Crippen molar-refractivity contribution in [3.63, 3.8) is 0 Å². The number of nitrogens with two attached hydrogens (primary N) is 1. The third-order valence-corrected chi connectivity index (χ3v) is 6.30. The first-order valence-electron chi connectivity index (χ1n) is 12.5. The summed E-state index contributed by atoms with van der Waals surface area (Å²) in [6.07, 6.45) is -6.94. The predicted molar refractivity (Wildman–Crippen MR) is 147 cm³/mol. The smallest absolute Gasteiger partial charge is 0.345 e. The van der Waals surface area contributed by atoms with Crippen LogP contribution in [0.15, 0.2) is 22.7 Å². The Kier molecular flexibility index (Phi) is 11.0. The van der Waals surface area contributed by atoms with Crippen molar-refractivity contribution in [3.8, 4) is 5.69 Å². The van der Waals surface area contributed by atoms with Gasteiger partial charge in [0, 0.05) is 38.4 Å². The highest BCUT2D eigenvalue weighted by atomic mass is 35.5. The Morgan fingerprint density at radius 1 is 1.07 bits per heavy atom. The van der Waals surface area contributed by atoms with Gasteiger partial charge in [0.1, 0.15) is 17.7 Å². The number of aryl methyl sites for hydroxylation is 1. The van der Waals surface area contributed by atoms with Crippen molar-refractivity contribution in [2.45, 2.75) is 65.3 Å². The SMILES string of the molecule is CC(=O)OC[C@H]1O[C@@H](N(Nc2on[n+](-c3ccc(C)cc3Cl)c2C=O)C(N)=S)[C@H](OC(C)=O)[C@@H](OC(C)=O)[C@H]1OC(C)=O. The number of rotatable bonds is 10. The van der Waals surface area contributed by atoms with Crippen LogP contribution >= 0.6 is 23.8 Å². The third-order valence-electron chi connectivity index (χ3n) is 5.80. The van der Waals surface area contributed by atoms with Crippen molar-refractivity contribution in [1.29, 1.82) is 0 Å². The molecule has 0 radical (unpaired) electrons. The first kappa shape index (κ1) is 33.2. The molecule has 2 aromatic rings. The number of ether oxygens (including phenoxy) is 5. The number of hydrogen-bond acceptors (Lipinski definition) is 14. The second-order valence-electron chi connectivity index (χ2n) is 9.18. The number of aldehydes is 1. The standard InChI is InChI=1S/C25H28ClN5O11S/c1-11-6-7-17(16(26)8-11)30-18(9-32)23(42-29-30)28-31(25(27)43)24-22(40-15(5)36)21(39-14(4)35)20(38-13(3)34)19(41-24)10-37-12(2)33/h6-9,19-22,24H,10H2,1-5H3,(H2-,27,28,29,32,43)/p+1/t19-,20+,21+,22-,24-/m1/s1. The van der Waals surface area contributed by atoms with Crippen LogP contribution in [-0.2, 0) is 42.9 Å². The summed E-state index contributed by atoms with van der Waals surface area (Å²) < 4.78 is 33.9. The minimum absolute atomic E-state index is 0.169. The number of nitrogens with zero attached hydrogens (tertiary/aromatic N) is 3. The average Bonchev–Trinajstić information content (AvgIpc) is 3.30. The number of nitrogens with one attached hydrogen (secondary N) is 1. The molecule has 16 nitrogen and oxygen atoms in total. The zero-order valence-corrected chi connectivity index (χ0v) is 25.2. The number of benzene rings is 1. The summed E-state index contributed by atoms with van der Waals surface area (Å²) in [6.45, 7) is 5.70. The summed E-state index contributed by atoms with van der Waals surface area (Å²) >= 11 is 11.6. The Labute approximate surface area is 255 Å². The molecule has 3 N–H and O–H groups in total. The van der Waals surface area contributed by atoms with E-state index >= 15 is 0 Å². The molecule has 0 unspecified atom stereocenters. The summed E-state index contributed by atoms with van der Waals surface area (Å²) in [6, 6.07) is 5.00. The Morgan fingerprint density at radius 2 is 1.67 bits per heavy atom. The lowest BCUT2D eigenvalue weighted by atomic mass is 9.97. The molecule has 3 rings (SSSR count). The Hall–Kier alpha value is -4.35. The molecule has 1 saturated heterocycles. The number of aromatic nitrogens is 2. The van der Waals surface area contributed by atoms with E-state index < -0.39 is 66.2 Å². The number of carbonyl (C=O) groups excluding carboxylic acids is 5. The summed E-state index contributed by atoms with van der Waals surface area (Å²) in [5.74, 6) is -3.49. The zero-order chi connectivity index (χ0) is 32.0. The largest absolute Gasteiger partial charge is 0.463 e. The van der Waals surface area contributed by atoms with Gasteiger partial charge in [-0.3, -0.25) is 33.9 Å². The minimum Gasteiger partial charge on any atom is -0.463 e. The molecular formula is C25H29ClN5O11S+. The number of hydrazine groups is 1. The number of carbonyl (C=O) groups is 5. The van der Waals surface area contributed by atoms with Gasteiger partial charge < -0.3 is 29.4 Å². The van der Waals surface area contributed by atoms with Crippen molar-refractivity contribution in [1.82, 2.24) is 10.3 Å². The fourth-order valence-electron chi connectivity index (χ4n) is 4.17. The molecule has 1 aliphatic rings. The highest BCUT2D eigenvalue weighted by molar-refractivity contribution is 7.80. The van der Waals surface area contributed by atoms with Gasteiger partial charge in [-0.05, 0) is 30.8 Å². The second kappa shape index (κ2) is 14.2. The van der Waals surface area contributed by atoms with E-state index in [1.807, 2.05) is 6.92 Å². The molecule has 0 spiro atoms. The number of halogens is 1. The van der Waals surface area contributed by atoms with Crippen molar-refractivity contribution in [2.75, 3.05) is 12.0 Å². The number of thiocarbonyl (C=S) groups is 1. The molecule has 0 amide bonds. The molecule has 1 aromatic heterocycles. The van der Waals surface area contributed by atoms with Crippen LogP contribution in [0.4, 0.5) is 5.88 Å². The van der Waals surface area contributed by atoms with Crippen LogP contribution < -0.4 is 15.8 Å². The van der Waals surface area contributed by atoms with Crippen LogP contribution in [0.3, 0.4) is 0 Å². The van der Waals surface area contributed by atoms with E-state index in [0.717, 1.165) is 42.9 Å². The summed E-state index contributed by atoms with van der Waals surface area (Å²) in [5, 5.41) is 4.63. The maximum Gasteiger partial charge on any atom is 0.345 e. The van der Waals surface area contributed by atoms with E-state index in [9.17, 15) is 24.0 Å². The van der Waals surface area contributed by atoms with Crippen molar-refractivity contribution in [3.05, 3.63) is 34.5 Å². The van der Waals surface area contributed by atoms with Gasteiger partial charge in [0.25, 0.3) is 5.69 Å². The van der Waals surface area contributed by atoms with Gasteiger partial charge in [0.05, 0.1) is 0 Å². The van der Waals surface area contributed by atoms with E-state index in [-0.39, 0.29) is 16.6 Å². The third kappa shape index (κ3) is 8.14. The topological polar surface area (TPSA) is 203 Å². The second-order valence-corrected chi connectivity index (χ2v) is 10.0. The monoisotopic (exact) mass is 642 g/mol. The van der Waals surface area contributed by atoms with Gasteiger partial charge in [0.15, 0.2) is 29.7 Å². The predicted octanol–water partition coefficient (Wildman–Crippen LogP) is 0.681. The lowest BCUT2D eigenvalue weighted by molar-refractivity contribution is -0.671. The molecule has 18 heteroatoms. The molecule has 0 aliphatic carbocycles. The highest BCUT2D eigenvalue weighted by Crippen LogP contribution is 2.31. The van der Waals surface area contributed by atoms with Crippen LogP contribution in [-0.4, -0.2) is 82.8 Å². The van der Waals surface area contributed by atoms with Crippen LogP contribution in [0.1, 0.15) is 43.7 Å². The van der Waals surface area contributed by atoms with Gasteiger partial charge in [-0.25, -0.2) is 5.01 Å². The number of anilines is 1. The quantitative estimate of drug-likeness (QED) is 0.0913. The zero-order valence-electron chi connectivity index (χ0n) is 23.6. The molecule has 1 fully saturated rings. The van der Waals surface area contributed by atoms with Gasteiger partial charge in [-0.2, -0.15) is 0 Å². The van der Waals surface area contributed by atoms with E-state index in [4.69, 9.17) is 57.8 Å². The minimum atomic E-state index is -1.56. The average molecular weight is 643 g/mol.